The summed E-state index contributed by atoms with van der Waals surface area (Å²) in [7, 11) is 0. The highest BCUT2D eigenvalue weighted by atomic mass is 35.5. The summed E-state index contributed by atoms with van der Waals surface area (Å²) in [4.78, 5) is 4.79. The fourth-order valence-electron chi connectivity index (χ4n) is 2.73. The lowest BCUT2D eigenvalue weighted by molar-refractivity contribution is 0.528. The average Bonchev–Trinajstić information content (AvgIpc) is 2.78. The number of aromatic nitrogens is 2. The minimum Gasteiger partial charge on any atom is -0.328 e. The molecule has 1 heterocycles. The van der Waals surface area contributed by atoms with E-state index in [-0.39, 0.29) is 6.04 Å². The highest BCUT2D eigenvalue weighted by molar-refractivity contribution is 6.35. The third kappa shape index (κ3) is 3.15. The van der Waals surface area contributed by atoms with Crippen molar-refractivity contribution in [3.63, 3.8) is 0 Å². The fourth-order valence-corrected chi connectivity index (χ4v) is 3.00. The van der Waals surface area contributed by atoms with Crippen LogP contribution in [-0.2, 0) is 6.54 Å². The minimum absolute atomic E-state index is 0.279. The minimum atomic E-state index is 0.279. The smallest absolute Gasteiger partial charge is 0.112 e. The largest absolute Gasteiger partial charge is 0.328 e. The fraction of sp³-hybridized carbons (Fsp3) is 0.562. The van der Waals surface area contributed by atoms with Crippen molar-refractivity contribution in [3.05, 3.63) is 29.0 Å². The van der Waals surface area contributed by atoms with Gasteiger partial charge in [-0.2, -0.15) is 0 Å². The Hall–Kier alpha value is -1.06. The number of imidazole rings is 1. The molecule has 2 atom stereocenters. The van der Waals surface area contributed by atoms with Crippen molar-refractivity contribution in [2.45, 2.75) is 58.5 Å². The summed E-state index contributed by atoms with van der Waals surface area (Å²) < 4.78 is 2.24. The Kier molecular flexibility index (Phi) is 5.06. The van der Waals surface area contributed by atoms with Gasteiger partial charge in [0, 0.05) is 18.5 Å². The van der Waals surface area contributed by atoms with Crippen LogP contribution in [0.3, 0.4) is 0 Å². The monoisotopic (exact) mass is 293 g/mol. The van der Waals surface area contributed by atoms with Crippen molar-refractivity contribution < 1.29 is 0 Å². The topological polar surface area (TPSA) is 43.8 Å². The van der Waals surface area contributed by atoms with Crippen LogP contribution in [0, 0.1) is 0 Å². The first-order valence-corrected chi connectivity index (χ1v) is 7.82. The summed E-state index contributed by atoms with van der Waals surface area (Å²) in [6.45, 7) is 7.34. The van der Waals surface area contributed by atoms with Gasteiger partial charge >= 0.3 is 0 Å². The molecule has 1 aromatic heterocycles. The molecule has 4 heteroatoms. The lowest BCUT2D eigenvalue weighted by atomic mass is 10.0. The second-order valence-electron chi connectivity index (χ2n) is 5.63. The van der Waals surface area contributed by atoms with Crippen LogP contribution < -0.4 is 5.73 Å². The predicted molar refractivity (Wildman–Crippen MR) is 86.3 cm³/mol. The Labute approximate surface area is 126 Å². The van der Waals surface area contributed by atoms with Crippen molar-refractivity contribution in [3.8, 4) is 0 Å². The van der Waals surface area contributed by atoms with E-state index < -0.39 is 0 Å². The Morgan fingerprint density at radius 1 is 1.30 bits per heavy atom. The van der Waals surface area contributed by atoms with E-state index >= 15 is 0 Å². The lowest BCUT2D eigenvalue weighted by Gasteiger charge is -2.14. The number of nitrogens with zero attached hydrogens (tertiary/aromatic N) is 2. The molecule has 110 valence electrons. The number of benzene rings is 1. The highest BCUT2D eigenvalue weighted by Gasteiger charge is 2.17. The summed E-state index contributed by atoms with van der Waals surface area (Å²) in [6, 6.07) is 6.21. The standard InChI is InChI=1S/C16H24ClN3/c1-4-20-15-13(17)9-6-10-14(15)19-16(20)11(2)7-5-8-12(3)18/h6,9-12H,4-5,7-8,18H2,1-3H3. The molecule has 0 spiro atoms. The van der Waals surface area contributed by atoms with Gasteiger partial charge in [-0.1, -0.05) is 31.0 Å². The zero-order valence-corrected chi connectivity index (χ0v) is 13.3. The first-order valence-electron chi connectivity index (χ1n) is 7.44. The Morgan fingerprint density at radius 2 is 2.05 bits per heavy atom. The molecule has 2 aromatic rings. The van der Waals surface area contributed by atoms with Gasteiger partial charge in [-0.3, -0.25) is 0 Å². The van der Waals surface area contributed by atoms with Gasteiger partial charge in [0.2, 0.25) is 0 Å². The molecule has 0 aliphatic heterocycles. The van der Waals surface area contributed by atoms with E-state index in [1.54, 1.807) is 0 Å². The van der Waals surface area contributed by atoms with Gasteiger partial charge in [0.15, 0.2) is 0 Å². The highest BCUT2D eigenvalue weighted by Crippen LogP contribution is 2.29. The lowest BCUT2D eigenvalue weighted by Crippen LogP contribution is -2.14. The van der Waals surface area contributed by atoms with Gasteiger partial charge in [0.05, 0.1) is 16.1 Å². The number of hydrogen-bond donors (Lipinski definition) is 1. The zero-order valence-electron chi connectivity index (χ0n) is 12.6. The molecule has 0 saturated heterocycles. The summed E-state index contributed by atoms with van der Waals surface area (Å²) >= 11 is 6.33. The second-order valence-corrected chi connectivity index (χ2v) is 6.04. The molecule has 1 aromatic carbocycles. The van der Waals surface area contributed by atoms with E-state index in [9.17, 15) is 0 Å². The van der Waals surface area contributed by atoms with Crippen molar-refractivity contribution >= 4 is 22.6 Å². The van der Waals surface area contributed by atoms with E-state index in [2.05, 4.69) is 25.3 Å². The second kappa shape index (κ2) is 6.59. The molecule has 0 aliphatic carbocycles. The van der Waals surface area contributed by atoms with Gasteiger partial charge in [0.25, 0.3) is 0 Å². The Morgan fingerprint density at radius 3 is 2.70 bits per heavy atom. The molecule has 2 N–H and O–H groups in total. The van der Waals surface area contributed by atoms with Crippen molar-refractivity contribution in [1.82, 2.24) is 9.55 Å². The first kappa shape index (κ1) is 15.3. The SMILES string of the molecule is CCn1c(C(C)CCCC(C)N)nc2cccc(Cl)c21. The first-order chi connectivity index (χ1) is 9.54. The van der Waals surface area contributed by atoms with Crippen molar-refractivity contribution in [2.24, 2.45) is 5.73 Å². The van der Waals surface area contributed by atoms with Crippen LogP contribution in [-0.4, -0.2) is 15.6 Å². The van der Waals surface area contributed by atoms with Crippen LogP contribution in [0.5, 0.6) is 0 Å². The predicted octanol–water partition coefficient (Wildman–Crippen LogP) is 4.33. The molecule has 2 unspecified atom stereocenters. The maximum absolute atomic E-state index is 6.33. The summed E-state index contributed by atoms with van der Waals surface area (Å²) in [5, 5.41) is 0.783. The van der Waals surface area contributed by atoms with Crippen LogP contribution in [0.2, 0.25) is 5.02 Å². The van der Waals surface area contributed by atoms with Gasteiger partial charge < -0.3 is 10.3 Å². The van der Waals surface area contributed by atoms with Gasteiger partial charge in [-0.05, 0) is 38.8 Å². The molecule has 0 bridgehead atoms. The van der Waals surface area contributed by atoms with Crippen LogP contribution in [0.1, 0.15) is 51.8 Å². The molecule has 0 aliphatic rings. The number of rotatable bonds is 6. The molecule has 20 heavy (non-hydrogen) atoms. The molecule has 0 saturated carbocycles. The number of nitrogens with two attached hydrogens (primary N) is 1. The van der Waals surface area contributed by atoms with Gasteiger partial charge in [0.1, 0.15) is 5.82 Å². The van der Waals surface area contributed by atoms with Crippen LogP contribution in [0.4, 0.5) is 0 Å². The maximum Gasteiger partial charge on any atom is 0.112 e. The summed E-state index contributed by atoms with van der Waals surface area (Å²) in [5.41, 5.74) is 7.87. The molecule has 3 nitrogen and oxygen atoms in total. The summed E-state index contributed by atoms with van der Waals surface area (Å²) in [6.07, 6.45) is 3.32. The quantitative estimate of drug-likeness (QED) is 0.861. The van der Waals surface area contributed by atoms with E-state index in [1.807, 2.05) is 18.2 Å². The normalized spacial score (nSPS) is 14.7. The number of aryl methyl sites for hydroxylation is 1. The number of halogens is 1. The average molecular weight is 294 g/mol. The van der Waals surface area contributed by atoms with Crippen molar-refractivity contribution in [1.29, 1.82) is 0 Å². The van der Waals surface area contributed by atoms with E-state index in [0.29, 0.717) is 5.92 Å². The van der Waals surface area contributed by atoms with E-state index in [0.717, 1.165) is 47.7 Å². The molecular weight excluding hydrogens is 270 g/mol. The third-order valence-electron chi connectivity index (χ3n) is 3.80. The number of para-hydroxylation sites is 1. The maximum atomic E-state index is 6.33. The van der Waals surface area contributed by atoms with Crippen LogP contribution in [0.15, 0.2) is 18.2 Å². The Balaban J connectivity index is 2.27. The van der Waals surface area contributed by atoms with Crippen LogP contribution >= 0.6 is 11.6 Å². The third-order valence-corrected chi connectivity index (χ3v) is 4.11. The van der Waals surface area contributed by atoms with Gasteiger partial charge in [-0.15, -0.1) is 0 Å². The van der Waals surface area contributed by atoms with Crippen molar-refractivity contribution in [2.75, 3.05) is 0 Å². The van der Waals surface area contributed by atoms with Gasteiger partial charge in [-0.25, -0.2) is 4.98 Å². The summed E-state index contributed by atoms with van der Waals surface area (Å²) in [5.74, 6) is 1.57. The zero-order chi connectivity index (χ0) is 14.7. The molecule has 2 rings (SSSR count). The van der Waals surface area contributed by atoms with Crippen LogP contribution in [0.25, 0.3) is 11.0 Å². The molecular formula is C16H24ClN3. The molecule has 0 radical (unpaired) electrons. The Bertz CT molecular complexity index is 574. The molecule has 0 amide bonds. The number of fused-ring (bicyclic) bond motifs is 1. The number of hydrogen-bond acceptors (Lipinski definition) is 2. The van der Waals surface area contributed by atoms with E-state index in [1.165, 1.54) is 0 Å². The molecule has 0 fully saturated rings. The van der Waals surface area contributed by atoms with E-state index in [4.69, 9.17) is 22.3 Å².